The van der Waals surface area contributed by atoms with E-state index in [9.17, 15) is 9.59 Å². The van der Waals surface area contributed by atoms with Crippen LogP contribution in [0.15, 0.2) is 30.3 Å². The summed E-state index contributed by atoms with van der Waals surface area (Å²) in [6.45, 7) is 2.94. The summed E-state index contributed by atoms with van der Waals surface area (Å²) in [5, 5.41) is 2.87. The number of rotatable bonds is 7. The Morgan fingerprint density at radius 3 is 2.78 bits per heavy atom. The number of hydrogen-bond acceptors (Lipinski definition) is 4. The normalized spacial score (nSPS) is 17.3. The standard InChI is InChI=1S/C18H23NO4/c1-2-22-18(21)12-7-14-5-8-15(9-6-14)19-17(20)11-10-16-4-3-13-23-16/h5-9,12,16H,2-4,10-11,13H2,1H3,(H,19,20)/b12-7+. The van der Waals surface area contributed by atoms with Crippen molar-refractivity contribution in [2.75, 3.05) is 18.5 Å². The first-order valence-corrected chi connectivity index (χ1v) is 8.03. The third kappa shape index (κ3) is 6.24. The lowest BCUT2D eigenvalue weighted by Gasteiger charge is -2.09. The molecule has 0 spiro atoms. The van der Waals surface area contributed by atoms with Crippen molar-refractivity contribution in [3.05, 3.63) is 35.9 Å². The van der Waals surface area contributed by atoms with Gasteiger partial charge in [-0.15, -0.1) is 0 Å². The average molecular weight is 317 g/mol. The molecule has 1 aromatic rings. The number of amides is 1. The zero-order valence-corrected chi connectivity index (χ0v) is 13.4. The molecule has 2 rings (SSSR count). The van der Waals surface area contributed by atoms with E-state index in [1.807, 2.05) is 24.3 Å². The molecule has 1 atom stereocenters. The topological polar surface area (TPSA) is 64.6 Å². The summed E-state index contributed by atoms with van der Waals surface area (Å²) >= 11 is 0. The molecule has 23 heavy (non-hydrogen) atoms. The fourth-order valence-electron chi connectivity index (χ4n) is 2.42. The number of hydrogen-bond donors (Lipinski definition) is 1. The second kappa shape index (κ2) is 9.10. The highest BCUT2D eigenvalue weighted by Gasteiger charge is 2.16. The van der Waals surface area contributed by atoms with Gasteiger partial charge in [-0.1, -0.05) is 12.1 Å². The van der Waals surface area contributed by atoms with E-state index < -0.39 is 0 Å². The van der Waals surface area contributed by atoms with E-state index in [-0.39, 0.29) is 18.0 Å². The van der Waals surface area contributed by atoms with E-state index in [0.717, 1.165) is 37.1 Å². The van der Waals surface area contributed by atoms with Crippen LogP contribution in [-0.2, 0) is 19.1 Å². The minimum absolute atomic E-state index is 0.00434. The van der Waals surface area contributed by atoms with Gasteiger partial charge in [-0.25, -0.2) is 4.79 Å². The third-order valence-corrected chi connectivity index (χ3v) is 3.61. The van der Waals surface area contributed by atoms with E-state index in [1.165, 1.54) is 6.08 Å². The first-order chi connectivity index (χ1) is 11.2. The summed E-state index contributed by atoms with van der Waals surface area (Å²) in [6.07, 6.45) is 6.68. The van der Waals surface area contributed by atoms with Gasteiger partial charge in [-0.3, -0.25) is 4.79 Å². The minimum atomic E-state index is -0.362. The van der Waals surface area contributed by atoms with Crippen molar-refractivity contribution in [2.45, 2.75) is 38.7 Å². The predicted molar refractivity (Wildman–Crippen MR) is 88.9 cm³/mol. The molecule has 0 aliphatic carbocycles. The van der Waals surface area contributed by atoms with Crippen LogP contribution in [0.3, 0.4) is 0 Å². The minimum Gasteiger partial charge on any atom is -0.463 e. The third-order valence-electron chi connectivity index (χ3n) is 3.61. The molecule has 1 saturated heterocycles. The molecule has 5 heteroatoms. The molecule has 1 N–H and O–H groups in total. The lowest BCUT2D eigenvalue weighted by molar-refractivity contribution is -0.137. The Morgan fingerprint density at radius 2 is 2.13 bits per heavy atom. The van der Waals surface area contributed by atoms with Crippen molar-refractivity contribution in [1.82, 2.24) is 0 Å². The Labute approximate surface area is 136 Å². The molecule has 0 bridgehead atoms. The van der Waals surface area contributed by atoms with Crippen molar-refractivity contribution >= 4 is 23.6 Å². The van der Waals surface area contributed by atoms with Crippen LogP contribution in [0.4, 0.5) is 5.69 Å². The molecule has 1 aliphatic heterocycles. The highest BCUT2D eigenvalue weighted by atomic mass is 16.5. The van der Waals surface area contributed by atoms with Gasteiger partial charge in [0.1, 0.15) is 0 Å². The van der Waals surface area contributed by atoms with Crippen LogP contribution in [-0.4, -0.2) is 31.2 Å². The number of esters is 1. The van der Waals surface area contributed by atoms with Gasteiger partial charge >= 0.3 is 5.97 Å². The van der Waals surface area contributed by atoms with Gasteiger partial charge in [-0.2, -0.15) is 0 Å². The Bertz CT molecular complexity index is 545. The molecule has 1 amide bonds. The van der Waals surface area contributed by atoms with Crippen LogP contribution in [0.1, 0.15) is 38.2 Å². The van der Waals surface area contributed by atoms with Crippen LogP contribution in [0, 0.1) is 0 Å². The number of carbonyl (C=O) groups excluding carboxylic acids is 2. The summed E-state index contributed by atoms with van der Waals surface area (Å²) in [6, 6.07) is 7.31. The highest BCUT2D eigenvalue weighted by Crippen LogP contribution is 2.17. The summed E-state index contributed by atoms with van der Waals surface area (Å²) in [7, 11) is 0. The fourth-order valence-corrected chi connectivity index (χ4v) is 2.42. The maximum absolute atomic E-state index is 11.9. The van der Waals surface area contributed by atoms with Crippen molar-refractivity contribution < 1.29 is 19.1 Å². The van der Waals surface area contributed by atoms with Crippen LogP contribution < -0.4 is 5.32 Å². The molecule has 1 heterocycles. The first-order valence-electron chi connectivity index (χ1n) is 8.03. The Balaban J connectivity index is 1.77. The van der Waals surface area contributed by atoms with Gasteiger partial charge in [0, 0.05) is 24.8 Å². The molecule has 124 valence electrons. The SMILES string of the molecule is CCOC(=O)/C=C/c1ccc(NC(=O)CCC2CCCO2)cc1. The molecule has 1 unspecified atom stereocenters. The summed E-state index contributed by atoms with van der Waals surface area (Å²) < 4.78 is 10.3. The molecule has 1 aliphatic rings. The van der Waals surface area contributed by atoms with E-state index in [1.54, 1.807) is 13.0 Å². The van der Waals surface area contributed by atoms with Crippen LogP contribution in [0.25, 0.3) is 6.08 Å². The van der Waals surface area contributed by atoms with Crippen molar-refractivity contribution in [2.24, 2.45) is 0 Å². The Hall–Kier alpha value is -2.14. The number of ether oxygens (including phenoxy) is 2. The monoisotopic (exact) mass is 317 g/mol. The molecule has 0 radical (unpaired) electrons. The van der Waals surface area contributed by atoms with Gasteiger partial charge < -0.3 is 14.8 Å². The molecule has 0 saturated carbocycles. The maximum Gasteiger partial charge on any atom is 0.330 e. The average Bonchev–Trinajstić information content (AvgIpc) is 3.06. The smallest absolute Gasteiger partial charge is 0.330 e. The highest BCUT2D eigenvalue weighted by molar-refractivity contribution is 5.91. The second-order valence-electron chi connectivity index (χ2n) is 5.43. The van der Waals surface area contributed by atoms with Gasteiger partial charge in [0.15, 0.2) is 0 Å². The van der Waals surface area contributed by atoms with E-state index in [4.69, 9.17) is 9.47 Å². The van der Waals surface area contributed by atoms with Gasteiger partial charge in [-0.05, 0) is 50.0 Å². The number of benzene rings is 1. The second-order valence-corrected chi connectivity index (χ2v) is 5.43. The molecule has 0 aromatic heterocycles. The van der Waals surface area contributed by atoms with Crippen molar-refractivity contribution in [3.8, 4) is 0 Å². The van der Waals surface area contributed by atoms with Crippen LogP contribution in [0.2, 0.25) is 0 Å². The number of anilines is 1. The molecular formula is C18H23NO4. The molecule has 5 nitrogen and oxygen atoms in total. The largest absolute Gasteiger partial charge is 0.463 e. The van der Waals surface area contributed by atoms with Gasteiger partial charge in [0.05, 0.1) is 12.7 Å². The number of carbonyl (C=O) groups is 2. The zero-order valence-electron chi connectivity index (χ0n) is 13.4. The van der Waals surface area contributed by atoms with Crippen molar-refractivity contribution in [1.29, 1.82) is 0 Å². The van der Waals surface area contributed by atoms with Crippen LogP contribution >= 0.6 is 0 Å². The quantitative estimate of drug-likeness (QED) is 0.620. The molecule has 1 aromatic carbocycles. The van der Waals surface area contributed by atoms with E-state index >= 15 is 0 Å². The number of nitrogens with one attached hydrogen (secondary N) is 1. The zero-order chi connectivity index (χ0) is 16.5. The predicted octanol–water partition coefficient (Wildman–Crippen LogP) is 3.16. The first kappa shape index (κ1) is 17.2. The van der Waals surface area contributed by atoms with Crippen LogP contribution in [0.5, 0.6) is 0 Å². The van der Waals surface area contributed by atoms with E-state index in [0.29, 0.717) is 13.0 Å². The maximum atomic E-state index is 11.9. The molecule has 1 fully saturated rings. The van der Waals surface area contributed by atoms with Crippen molar-refractivity contribution in [3.63, 3.8) is 0 Å². The fraction of sp³-hybridized carbons (Fsp3) is 0.444. The van der Waals surface area contributed by atoms with E-state index in [2.05, 4.69) is 5.32 Å². The summed E-state index contributed by atoms with van der Waals surface area (Å²) in [5.41, 5.74) is 1.62. The Morgan fingerprint density at radius 1 is 1.35 bits per heavy atom. The molecular weight excluding hydrogens is 294 g/mol. The lowest BCUT2D eigenvalue weighted by Crippen LogP contribution is -2.15. The van der Waals surface area contributed by atoms with Gasteiger partial charge in [0.25, 0.3) is 0 Å². The van der Waals surface area contributed by atoms with Gasteiger partial charge in [0.2, 0.25) is 5.91 Å². The summed E-state index contributed by atoms with van der Waals surface area (Å²) in [5.74, 6) is -0.366. The lowest BCUT2D eigenvalue weighted by atomic mass is 10.1. The summed E-state index contributed by atoms with van der Waals surface area (Å²) in [4.78, 5) is 23.1. The Kier molecular flexibility index (Phi) is 6.81.